The third-order valence-electron chi connectivity index (χ3n) is 4.53. The quantitative estimate of drug-likeness (QED) is 0.804. The molecule has 0 spiro atoms. The molecule has 1 aromatic heterocycles. The lowest BCUT2D eigenvalue weighted by molar-refractivity contribution is -0.127. The molecule has 0 saturated carbocycles. The molecule has 132 valence electrons. The Morgan fingerprint density at radius 3 is 3.00 bits per heavy atom. The first kappa shape index (κ1) is 16.6. The average molecular weight is 379 g/mol. The van der Waals surface area contributed by atoms with Crippen LogP contribution in [0.2, 0.25) is 0 Å². The number of ether oxygens (including phenoxy) is 1. The van der Waals surface area contributed by atoms with E-state index >= 15 is 0 Å². The van der Waals surface area contributed by atoms with Gasteiger partial charge in [-0.3, -0.25) is 19.5 Å². The van der Waals surface area contributed by atoms with Crippen LogP contribution in [0.25, 0.3) is 0 Å². The molecular formula is C16H17N3O4S2. The van der Waals surface area contributed by atoms with Crippen LogP contribution in [0.15, 0.2) is 4.99 Å². The van der Waals surface area contributed by atoms with Gasteiger partial charge in [0, 0.05) is 17.8 Å². The van der Waals surface area contributed by atoms with E-state index in [2.05, 4.69) is 10.3 Å². The van der Waals surface area contributed by atoms with Crippen LogP contribution in [0.1, 0.15) is 33.6 Å². The fraction of sp³-hybridized carbons (Fsp3) is 0.500. The lowest BCUT2D eigenvalue weighted by Gasteiger charge is -2.10. The second kappa shape index (κ2) is 6.45. The van der Waals surface area contributed by atoms with Gasteiger partial charge in [0.2, 0.25) is 11.8 Å². The Hall–Kier alpha value is -1.87. The van der Waals surface area contributed by atoms with Gasteiger partial charge in [-0.15, -0.1) is 11.3 Å². The van der Waals surface area contributed by atoms with Crippen LogP contribution in [0.5, 0.6) is 0 Å². The lowest BCUT2D eigenvalue weighted by Crippen LogP contribution is -2.32. The zero-order valence-electron chi connectivity index (χ0n) is 13.7. The van der Waals surface area contributed by atoms with Crippen molar-refractivity contribution in [1.82, 2.24) is 4.90 Å². The SMILES string of the molecule is COC(=O)c1c(NC(=O)CC2SC3=NCCN3C2=O)sc2c1CCC2. The summed E-state index contributed by atoms with van der Waals surface area (Å²) < 4.78 is 4.88. The zero-order chi connectivity index (χ0) is 17.6. The van der Waals surface area contributed by atoms with Crippen LogP contribution in [-0.2, 0) is 27.2 Å². The van der Waals surface area contributed by atoms with Crippen LogP contribution in [0.4, 0.5) is 5.00 Å². The van der Waals surface area contributed by atoms with Gasteiger partial charge in [-0.2, -0.15) is 0 Å². The van der Waals surface area contributed by atoms with Crippen molar-refractivity contribution in [3.05, 3.63) is 16.0 Å². The molecule has 9 heteroatoms. The molecule has 1 fully saturated rings. The Balaban J connectivity index is 1.48. The van der Waals surface area contributed by atoms with Gasteiger partial charge in [0.15, 0.2) is 5.17 Å². The fourth-order valence-corrected chi connectivity index (χ4v) is 5.85. The van der Waals surface area contributed by atoms with Gasteiger partial charge in [0.05, 0.1) is 19.2 Å². The molecule has 1 aliphatic carbocycles. The van der Waals surface area contributed by atoms with E-state index in [0.29, 0.717) is 28.8 Å². The number of nitrogens with one attached hydrogen (secondary N) is 1. The Kier molecular flexibility index (Phi) is 4.28. The van der Waals surface area contributed by atoms with Gasteiger partial charge >= 0.3 is 5.97 Å². The largest absolute Gasteiger partial charge is 0.465 e. The van der Waals surface area contributed by atoms with Gasteiger partial charge in [0.1, 0.15) is 10.3 Å². The summed E-state index contributed by atoms with van der Waals surface area (Å²) in [5, 5.41) is 3.64. The third-order valence-corrected chi connectivity index (χ3v) is 6.95. The second-order valence-corrected chi connectivity index (χ2v) is 8.34. The van der Waals surface area contributed by atoms with Gasteiger partial charge in [-0.1, -0.05) is 11.8 Å². The van der Waals surface area contributed by atoms with E-state index in [1.165, 1.54) is 30.2 Å². The predicted octanol–water partition coefficient (Wildman–Crippen LogP) is 1.67. The summed E-state index contributed by atoms with van der Waals surface area (Å²) in [6, 6.07) is 0. The van der Waals surface area contributed by atoms with Gasteiger partial charge in [-0.25, -0.2) is 4.79 Å². The van der Waals surface area contributed by atoms with Crippen molar-refractivity contribution in [3.8, 4) is 0 Å². The van der Waals surface area contributed by atoms with Crippen LogP contribution in [0.3, 0.4) is 0 Å². The number of fused-ring (bicyclic) bond motifs is 2. The Labute approximate surface area is 152 Å². The van der Waals surface area contributed by atoms with Gasteiger partial charge in [0.25, 0.3) is 0 Å². The standard InChI is InChI=1S/C16H17N3O4S2/c1-23-15(22)12-8-3-2-4-9(8)24-13(12)18-11(20)7-10-14(21)19-6-5-17-16(19)25-10/h10H,2-7H2,1H3,(H,18,20). The van der Waals surface area contributed by atoms with Crippen LogP contribution >= 0.6 is 23.1 Å². The van der Waals surface area contributed by atoms with Crippen molar-refractivity contribution in [2.45, 2.75) is 30.9 Å². The van der Waals surface area contributed by atoms with Crippen molar-refractivity contribution >= 4 is 51.1 Å². The first-order valence-corrected chi connectivity index (χ1v) is 9.83. The second-order valence-electron chi connectivity index (χ2n) is 6.07. The maximum Gasteiger partial charge on any atom is 0.341 e. The number of methoxy groups -OCH3 is 1. The first-order chi connectivity index (χ1) is 12.1. The maximum atomic E-state index is 12.4. The minimum absolute atomic E-state index is 0.0572. The molecule has 1 aromatic rings. The highest BCUT2D eigenvalue weighted by atomic mass is 32.2. The Bertz CT molecular complexity index is 802. The molecule has 3 heterocycles. The maximum absolute atomic E-state index is 12.4. The van der Waals surface area contributed by atoms with E-state index in [4.69, 9.17) is 4.74 Å². The van der Waals surface area contributed by atoms with E-state index in [0.717, 1.165) is 29.7 Å². The smallest absolute Gasteiger partial charge is 0.341 e. The highest BCUT2D eigenvalue weighted by Crippen LogP contribution is 2.40. The van der Waals surface area contributed by atoms with E-state index < -0.39 is 11.2 Å². The van der Waals surface area contributed by atoms with E-state index in [9.17, 15) is 14.4 Å². The number of amidine groups is 1. The average Bonchev–Trinajstić information content (AvgIpc) is 3.31. The summed E-state index contributed by atoms with van der Waals surface area (Å²) in [7, 11) is 1.34. The topological polar surface area (TPSA) is 88.1 Å². The number of carbonyl (C=O) groups is 3. The number of aliphatic imine (C=N–C) groups is 1. The molecular weight excluding hydrogens is 362 g/mol. The molecule has 1 saturated heterocycles. The number of amides is 2. The normalized spacial score (nSPS) is 21.2. The third kappa shape index (κ3) is 2.85. The Morgan fingerprint density at radius 2 is 2.24 bits per heavy atom. The van der Waals surface area contributed by atoms with Crippen LogP contribution < -0.4 is 5.32 Å². The van der Waals surface area contributed by atoms with Crippen LogP contribution in [-0.4, -0.2) is 53.3 Å². The lowest BCUT2D eigenvalue weighted by atomic mass is 10.1. The molecule has 1 unspecified atom stereocenters. The molecule has 1 N–H and O–H groups in total. The predicted molar refractivity (Wildman–Crippen MR) is 96.3 cm³/mol. The van der Waals surface area contributed by atoms with Gasteiger partial charge in [-0.05, 0) is 24.8 Å². The fourth-order valence-electron chi connectivity index (χ4n) is 3.37. The summed E-state index contributed by atoms with van der Waals surface area (Å²) in [6.45, 7) is 1.24. The number of esters is 1. The number of aryl methyl sites for hydroxylation is 1. The summed E-state index contributed by atoms with van der Waals surface area (Å²) in [5.74, 6) is -0.744. The zero-order valence-corrected chi connectivity index (χ0v) is 15.3. The first-order valence-electron chi connectivity index (χ1n) is 8.13. The van der Waals surface area contributed by atoms with E-state index in [-0.39, 0.29) is 18.2 Å². The minimum Gasteiger partial charge on any atom is -0.465 e. The minimum atomic E-state index is -0.438. The van der Waals surface area contributed by atoms with Crippen molar-refractivity contribution in [3.63, 3.8) is 0 Å². The molecule has 0 bridgehead atoms. The molecule has 3 aliphatic rings. The van der Waals surface area contributed by atoms with Crippen molar-refractivity contribution in [1.29, 1.82) is 0 Å². The summed E-state index contributed by atoms with van der Waals surface area (Å²) >= 11 is 2.78. The molecule has 25 heavy (non-hydrogen) atoms. The van der Waals surface area contributed by atoms with Crippen LogP contribution in [0, 0.1) is 0 Å². The molecule has 0 radical (unpaired) electrons. The number of rotatable bonds is 4. The highest BCUT2D eigenvalue weighted by molar-refractivity contribution is 8.15. The number of anilines is 1. The Morgan fingerprint density at radius 1 is 1.40 bits per heavy atom. The number of thiophene rings is 1. The molecule has 4 rings (SSSR count). The van der Waals surface area contributed by atoms with E-state index in [1.807, 2.05) is 0 Å². The number of thioether (sulfide) groups is 1. The summed E-state index contributed by atoms with van der Waals surface area (Å²) in [4.78, 5) is 43.9. The monoisotopic (exact) mass is 379 g/mol. The molecule has 2 aliphatic heterocycles. The van der Waals surface area contributed by atoms with E-state index in [1.54, 1.807) is 4.90 Å². The molecule has 2 amide bonds. The number of hydrogen-bond donors (Lipinski definition) is 1. The number of nitrogens with zero attached hydrogens (tertiary/aromatic N) is 2. The molecule has 1 atom stereocenters. The summed E-state index contributed by atoms with van der Waals surface area (Å²) in [5.41, 5.74) is 1.47. The van der Waals surface area contributed by atoms with Gasteiger partial charge < -0.3 is 10.1 Å². The molecule has 7 nitrogen and oxygen atoms in total. The van der Waals surface area contributed by atoms with Crippen molar-refractivity contribution in [2.75, 3.05) is 25.5 Å². The van der Waals surface area contributed by atoms with Crippen molar-refractivity contribution < 1.29 is 19.1 Å². The van der Waals surface area contributed by atoms with Crippen molar-refractivity contribution in [2.24, 2.45) is 4.99 Å². The number of hydrogen-bond acceptors (Lipinski definition) is 7. The highest BCUT2D eigenvalue weighted by Gasteiger charge is 2.41. The summed E-state index contributed by atoms with van der Waals surface area (Å²) in [6.07, 6.45) is 2.84. The number of carbonyl (C=O) groups excluding carboxylic acids is 3. The molecule has 0 aromatic carbocycles.